The van der Waals surface area contributed by atoms with E-state index < -0.39 is 24.9 Å². The molecule has 11 heteroatoms. The first-order valence-corrected chi connectivity index (χ1v) is 8.74. The Hall–Kier alpha value is -2.03. The van der Waals surface area contributed by atoms with E-state index in [0.29, 0.717) is 11.2 Å². The molecule has 0 bridgehead atoms. The second-order valence-electron chi connectivity index (χ2n) is 6.39. The number of ether oxygens (including phenoxy) is 2. The summed E-state index contributed by atoms with van der Waals surface area (Å²) >= 11 is 0. The van der Waals surface area contributed by atoms with Crippen LogP contribution in [0.2, 0.25) is 0 Å². The molecule has 2 N–H and O–H groups in total. The molecule has 138 valence electrons. The molecule has 2 aromatic heterocycles. The van der Waals surface area contributed by atoms with Crippen molar-refractivity contribution in [1.82, 2.24) is 19.5 Å². The van der Waals surface area contributed by atoms with Crippen LogP contribution in [0.25, 0.3) is 11.2 Å². The normalized spacial score (nSPS) is 15.7. The molecule has 0 fully saturated rings. The van der Waals surface area contributed by atoms with E-state index in [0.717, 1.165) is 0 Å². The van der Waals surface area contributed by atoms with Crippen LogP contribution in [0.4, 0.5) is 5.82 Å². The minimum atomic E-state index is -2.92. The first-order chi connectivity index (χ1) is 11.6. The number of methoxy groups -OCH3 is 1. The van der Waals surface area contributed by atoms with Crippen molar-refractivity contribution in [2.45, 2.75) is 32.8 Å². The minimum Gasteiger partial charge on any atom is -0.421 e. The van der Waals surface area contributed by atoms with Gasteiger partial charge in [-0.2, -0.15) is 0 Å². The van der Waals surface area contributed by atoms with Crippen molar-refractivity contribution in [2.75, 3.05) is 20.0 Å². The Kier molecular flexibility index (Phi) is 5.46. The molecule has 2 aromatic rings. The topological polar surface area (TPSA) is 131 Å². The number of imidazole rings is 1. The molecule has 0 aromatic carbocycles. The van der Waals surface area contributed by atoms with Crippen LogP contribution in [-0.4, -0.2) is 45.2 Å². The third kappa shape index (κ3) is 3.81. The third-order valence-electron chi connectivity index (χ3n) is 3.50. The molecule has 2 unspecified atom stereocenters. The molecular weight excluding hydrogens is 349 g/mol. The van der Waals surface area contributed by atoms with Gasteiger partial charge < -0.3 is 24.3 Å². The fourth-order valence-corrected chi connectivity index (χ4v) is 2.98. The molecule has 2 rings (SSSR count). The van der Waals surface area contributed by atoms with Crippen molar-refractivity contribution in [2.24, 2.45) is 5.41 Å². The van der Waals surface area contributed by atoms with Gasteiger partial charge in [-0.05, 0) is 20.8 Å². The van der Waals surface area contributed by atoms with Crippen LogP contribution in [0.15, 0.2) is 12.7 Å². The van der Waals surface area contributed by atoms with E-state index in [4.69, 9.17) is 19.7 Å². The highest BCUT2D eigenvalue weighted by Gasteiger charge is 2.45. The maximum Gasteiger partial charge on any atom is 0.314 e. The maximum absolute atomic E-state index is 12.5. The summed E-state index contributed by atoms with van der Waals surface area (Å²) in [7, 11) is -0.376. The van der Waals surface area contributed by atoms with Gasteiger partial charge in [0.05, 0.1) is 11.7 Å². The van der Waals surface area contributed by atoms with E-state index in [-0.39, 0.29) is 12.4 Å². The van der Waals surface area contributed by atoms with Gasteiger partial charge in [-0.3, -0.25) is 9.36 Å². The lowest BCUT2D eigenvalue weighted by atomic mass is 9.97. The van der Waals surface area contributed by atoms with Crippen molar-refractivity contribution in [3.63, 3.8) is 0 Å². The zero-order chi connectivity index (χ0) is 18.8. The molecule has 10 nitrogen and oxygen atoms in total. The van der Waals surface area contributed by atoms with Crippen LogP contribution >= 0.6 is 8.03 Å². The average Bonchev–Trinajstić information content (AvgIpc) is 2.96. The van der Waals surface area contributed by atoms with Crippen LogP contribution in [0.5, 0.6) is 0 Å². The molecule has 0 amide bonds. The second kappa shape index (κ2) is 7.07. The summed E-state index contributed by atoms with van der Waals surface area (Å²) in [5, 5.41) is 0. The zero-order valence-electron chi connectivity index (χ0n) is 14.8. The van der Waals surface area contributed by atoms with Crippen LogP contribution in [0, 0.1) is 5.41 Å². The van der Waals surface area contributed by atoms with E-state index in [1.807, 2.05) is 0 Å². The van der Waals surface area contributed by atoms with E-state index in [9.17, 15) is 9.36 Å². The highest BCUT2D eigenvalue weighted by Crippen LogP contribution is 2.44. The Morgan fingerprint density at radius 3 is 2.52 bits per heavy atom. The number of nitrogens with zero attached hydrogens (tertiary/aromatic N) is 4. The summed E-state index contributed by atoms with van der Waals surface area (Å²) in [4.78, 5) is 24.5. The summed E-state index contributed by atoms with van der Waals surface area (Å²) < 4.78 is 29.8. The van der Waals surface area contributed by atoms with Crippen molar-refractivity contribution in [1.29, 1.82) is 0 Å². The van der Waals surface area contributed by atoms with Gasteiger partial charge in [0.25, 0.3) is 8.03 Å². The van der Waals surface area contributed by atoms with Crippen LogP contribution < -0.4 is 5.73 Å². The van der Waals surface area contributed by atoms with Crippen LogP contribution in [-0.2, 0) is 29.9 Å². The third-order valence-corrected chi connectivity index (χ3v) is 4.96. The van der Waals surface area contributed by atoms with Gasteiger partial charge in [0.15, 0.2) is 11.5 Å². The number of nitrogens with two attached hydrogens (primary N) is 1. The number of carbonyl (C=O) groups excluding carboxylic acids is 1. The van der Waals surface area contributed by atoms with Crippen molar-refractivity contribution < 1.29 is 23.4 Å². The number of fused-ring (bicyclic) bond motifs is 1. The van der Waals surface area contributed by atoms with Gasteiger partial charge in [0, 0.05) is 14.2 Å². The molecule has 0 aliphatic carbocycles. The smallest absolute Gasteiger partial charge is 0.314 e. The van der Waals surface area contributed by atoms with Gasteiger partial charge in [-0.25, -0.2) is 15.0 Å². The summed E-state index contributed by atoms with van der Waals surface area (Å²) in [6.07, 6.45) is 2.71. The Bertz CT molecular complexity index is 802. The van der Waals surface area contributed by atoms with Crippen molar-refractivity contribution in [3.8, 4) is 0 Å². The van der Waals surface area contributed by atoms with Crippen LogP contribution in [0.1, 0.15) is 20.8 Å². The number of carbonyl (C=O) groups is 1. The summed E-state index contributed by atoms with van der Waals surface area (Å²) in [5.41, 5.74) is 3.92. The van der Waals surface area contributed by atoms with Gasteiger partial charge in [0.2, 0.25) is 0 Å². The molecule has 0 saturated heterocycles. The number of hydrogen-bond donors (Lipinski definition) is 1. The Morgan fingerprint density at radius 1 is 1.28 bits per heavy atom. The summed E-state index contributed by atoms with van der Waals surface area (Å²) in [6.45, 7) is 4.91. The van der Waals surface area contributed by atoms with Crippen LogP contribution in [0.3, 0.4) is 0 Å². The van der Waals surface area contributed by atoms with Crippen molar-refractivity contribution >= 4 is 31.0 Å². The fraction of sp³-hybridized carbons (Fsp3) is 0.571. The Morgan fingerprint density at radius 2 is 1.96 bits per heavy atom. The molecule has 0 aliphatic rings. The molecule has 2 atom stereocenters. The zero-order valence-corrected chi connectivity index (χ0v) is 15.8. The predicted molar refractivity (Wildman–Crippen MR) is 91.0 cm³/mol. The number of nitrogen functional groups attached to an aromatic ring is 1. The minimum absolute atomic E-state index is 0.135. The Labute approximate surface area is 145 Å². The molecule has 0 spiro atoms. The number of hydrogen-bond acceptors (Lipinski definition) is 9. The highest BCUT2D eigenvalue weighted by molar-refractivity contribution is 7.40. The molecular formula is C14H22N5O5P. The predicted octanol–water partition coefficient (Wildman–Crippen LogP) is 1.42. The first-order valence-electron chi connectivity index (χ1n) is 7.43. The lowest BCUT2D eigenvalue weighted by molar-refractivity contribution is -0.201. The van der Waals surface area contributed by atoms with E-state index in [1.54, 1.807) is 20.8 Å². The quantitative estimate of drug-likeness (QED) is 0.455. The molecule has 25 heavy (non-hydrogen) atoms. The monoisotopic (exact) mass is 371 g/mol. The maximum atomic E-state index is 12.5. The van der Waals surface area contributed by atoms with Gasteiger partial charge in [-0.1, -0.05) is 0 Å². The molecule has 0 radical (unpaired) electrons. The molecule has 0 saturated carbocycles. The lowest BCUT2D eigenvalue weighted by Gasteiger charge is -2.33. The van der Waals surface area contributed by atoms with Gasteiger partial charge in [-0.15, -0.1) is 0 Å². The standard InChI is InChI=1S/C14H22N5O5P/c1-13(2,3)12(20)24-14(22-4,25(21)23-5)6-19-8-18-9-10(15)16-7-17-11(9)19/h7-8,25H,6H2,1-5H3,(H2,15,16,17). The Balaban J connectivity index is 2.46. The average molecular weight is 371 g/mol. The van der Waals surface area contributed by atoms with Gasteiger partial charge >= 0.3 is 11.5 Å². The van der Waals surface area contributed by atoms with Crippen molar-refractivity contribution in [3.05, 3.63) is 12.7 Å². The molecule has 0 aliphatic heterocycles. The fourth-order valence-electron chi connectivity index (χ4n) is 2.03. The van der Waals surface area contributed by atoms with Gasteiger partial charge in [0.1, 0.15) is 18.4 Å². The number of esters is 1. The SMILES string of the molecule is CO[PH](=O)C(Cn1cnc2c(N)ncnc21)(OC)OC(=O)C(C)(C)C. The highest BCUT2D eigenvalue weighted by atomic mass is 31.1. The second-order valence-corrected chi connectivity index (χ2v) is 8.14. The number of anilines is 1. The first kappa shape index (κ1) is 19.3. The number of aromatic nitrogens is 4. The van der Waals surface area contributed by atoms with E-state index in [2.05, 4.69) is 15.0 Å². The summed E-state index contributed by atoms with van der Waals surface area (Å²) in [6, 6.07) is 0. The lowest BCUT2D eigenvalue weighted by Crippen LogP contribution is -2.41. The van der Waals surface area contributed by atoms with E-state index in [1.165, 1.54) is 31.4 Å². The summed E-state index contributed by atoms with van der Waals surface area (Å²) in [5.74, 6) is -0.374. The van der Waals surface area contributed by atoms with E-state index >= 15 is 0 Å². The molecule has 2 heterocycles. The number of rotatable bonds is 6. The largest absolute Gasteiger partial charge is 0.421 e.